The Morgan fingerprint density at radius 3 is 2.24 bits per heavy atom. The first-order valence-electron chi connectivity index (χ1n) is 5.28. The van der Waals surface area contributed by atoms with E-state index in [9.17, 15) is 13.2 Å². The van der Waals surface area contributed by atoms with Gasteiger partial charge in [-0.15, -0.1) is 0 Å². The molecule has 5 heteroatoms. The first kappa shape index (κ1) is 12.7. The van der Waals surface area contributed by atoms with Gasteiger partial charge in [-0.1, -0.05) is 31.5 Å². The number of halogens is 4. The van der Waals surface area contributed by atoms with E-state index in [-0.39, 0.29) is 28.0 Å². The van der Waals surface area contributed by atoms with Gasteiger partial charge in [-0.25, -0.2) is 0 Å². The van der Waals surface area contributed by atoms with Gasteiger partial charge in [0.1, 0.15) is 0 Å². The molecule has 17 heavy (non-hydrogen) atoms. The van der Waals surface area contributed by atoms with Gasteiger partial charge >= 0.3 is 6.18 Å². The van der Waals surface area contributed by atoms with E-state index in [1.165, 1.54) is 12.1 Å². The van der Waals surface area contributed by atoms with Gasteiger partial charge < -0.3 is 5.73 Å². The Kier molecular flexibility index (Phi) is 2.71. The summed E-state index contributed by atoms with van der Waals surface area (Å²) in [6.07, 6.45) is -4.39. The number of rotatable bonds is 1. The number of nitrogens with two attached hydrogens (primary N) is 1. The van der Waals surface area contributed by atoms with Crippen LogP contribution >= 0.6 is 11.6 Å². The molecule has 2 atom stereocenters. The number of hydrogen-bond donors (Lipinski definition) is 1. The SMILES string of the molecule is CC1(C)[C@H](N)[C@H]1c1ccc(Cl)cc1C(F)(F)F. The summed E-state index contributed by atoms with van der Waals surface area (Å²) in [5.74, 6) is -0.253. The number of benzene rings is 1. The molecule has 0 heterocycles. The Hall–Kier alpha value is -0.740. The Bertz CT molecular complexity index is 454. The Balaban J connectivity index is 2.49. The quantitative estimate of drug-likeness (QED) is 0.819. The molecule has 1 aliphatic rings. The van der Waals surface area contributed by atoms with Crippen molar-refractivity contribution in [1.82, 2.24) is 0 Å². The second-order valence-corrected chi connectivity index (χ2v) is 5.49. The first-order chi connectivity index (χ1) is 7.65. The fourth-order valence-electron chi connectivity index (χ4n) is 2.32. The van der Waals surface area contributed by atoms with Crippen molar-refractivity contribution in [2.24, 2.45) is 11.1 Å². The van der Waals surface area contributed by atoms with Crippen molar-refractivity contribution in [2.75, 3.05) is 0 Å². The van der Waals surface area contributed by atoms with E-state index in [2.05, 4.69) is 0 Å². The van der Waals surface area contributed by atoms with Crippen LogP contribution in [0.15, 0.2) is 18.2 Å². The molecular formula is C12H13ClF3N. The number of alkyl halides is 3. The lowest BCUT2D eigenvalue weighted by atomic mass is 9.98. The average molecular weight is 264 g/mol. The highest BCUT2D eigenvalue weighted by Gasteiger charge is 2.58. The molecule has 94 valence electrons. The maximum Gasteiger partial charge on any atom is 0.416 e. The predicted molar refractivity (Wildman–Crippen MR) is 61.0 cm³/mol. The van der Waals surface area contributed by atoms with Gasteiger partial charge in [-0.2, -0.15) is 13.2 Å². The van der Waals surface area contributed by atoms with E-state index in [1.54, 1.807) is 0 Å². The van der Waals surface area contributed by atoms with E-state index in [4.69, 9.17) is 17.3 Å². The first-order valence-corrected chi connectivity index (χ1v) is 5.65. The summed E-state index contributed by atoms with van der Waals surface area (Å²) in [5, 5.41) is 0.0908. The standard InChI is InChI=1S/C12H13ClF3N/c1-11(2)9(10(11)17)7-4-3-6(13)5-8(7)12(14,15)16/h3-5,9-10H,17H2,1-2H3/t9-,10-/m1/s1. The molecule has 1 fully saturated rings. The summed E-state index contributed by atoms with van der Waals surface area (Å²) in [7, 11) is 0. The van der Waals surface area contributed by atoms with Crippen LogP contribution < -0.4 is 5.73 Å². The van der Waals surface area contributed by atoms with Gasteiger partial charge in [0.2, 0.25) is 0 Å². The van der Waals surface area contributed by atoms with Crippen molar-refractivity contribution in [3.05, 3.63) is 34.3 Å². The zero-order chi connectivity index (χ0) is 13.0. The zero-order valence-electron chi connectivity index (χ0n) is 9.48. The van der Waals surface area contributed by atoms with E-state index < -0.39 is 11.7 Å². The van der Waals surface area contributed by atoms with Gasteiger partial charge in [0.25, 0.3) is 0 Å². The van der Waals surface area contributed by atoms with Crippen LogP contribution in [0.3, 0.4) is 0 Å². The highest BCUT2D eigenvalue weighted by atomic mass is 35.5. The van der Waals surface area contributed by atoms with Gasteiger partial charge in [-0.05, 0) is 23.1 Å². The Labute approximate surface area is 103 Å². The van der Waals surface area contributed by atoms with Crippen molar-refractivity contribution in [3.8, 4) is 0 Å². The molecule has 2 rings (SSSR count). The normalized spacial score (nSPS) is 27.0. The lowest BCUT2D eigenvalue weighted by Gasteiger charge is -2.14. The molecule has 0 aromatic heterocycles. The minimum atomic E-state index is -4.39. The molecule has 0 unspecified atom stereocenters. The minimum absolute atomic E-state index is 0.0908. The van der Waals surface area contributed by atoms with Gasteiger partial charge in [-0.3, -0.25) is 0 Å². The minimum Gasteiger partial charge on any atom is -0.327 e. The zero-order valence-corrected chi connectivity index (χ0v) is 10.2. The van der Waals surface area contributed by atoms with Crippen molar-refractivity contribution in [1.29, 1.82) is 0 Å². The third-order valence-corrected chi connectivity index (χ3v) is 3.80. The van der Waals surface area contributed by atoms with Gasteiger partial charge in [0.05, 0.1) is 5.56 Å². The van der Waals surface area contributed by atoms with Crippen LogP contribution in [0, 0.1) is 5.41 Å². The van der Waals surface area contributed by atoms with E-state index in [0.29, 0.717) is 0 Å². The Morgan fingerprint density at radius 1 is 1.29 bits per heavy atom. The van der Waals surface area contributed by atoms with Crippen LogP contribution in [0.5, 0.6) is 0 Å². The van der Waals surface area contributed by atoms with Crippen LogP contribution in [-0.4, -0.2) is 6.04 Å². The largest absolute Gasteiger partial charge is 0.416 e. The molecule has 0 bridgehead atoms. The van der Waals surface area contributed by atoms with Crippen molar-refractivity contribution in [3.63, 3.8) is 0 Å². The van der Waals surface area contributed by atoms with Crippen molar-refractivity contribution in [2.45, 2.75) is 32.0 Å². The molecule has 1 aromatic rings. The highest BCUT2D eigenvalue weighted by molar-refractivity contribution is 6.30. The molecule has 1 aromatic carbocycles. The molecule has 2 N–H and O–H groups in total. The maximum atomic E-state index is 12.9. The summed E-state index contributed by atoms with van der Waals surface area (Å²) >= 11 is 5.62. The van der Waals surface area contributed by atoms with Crippen LogP contribution in [-0.2, 0) is 6.18 Å². The Morgan fingerprint density at radius 2 is 1.82 bits per heavy atom. The molecule has 0 spiro atoms. The molecule has 0 radical (unpaired) electrons. The van der Waals surface area contributed by atoms with Crippen molar-refractivity contribution >= 4 is 11.6 Å². The van der Waals surface area contributed by atoms with Crippen LogP contribution in [0.25, 0.3) is 0 Å². The second-order valence-electron chi connectivity index (χ2n) is 5.05. The molecular weight excluding hydrogens is 251 g/mol. The molecule has 0 saturated heterocycles. The summed E-state index contributed by atoms with van der Waals surface area (Å²) in [5.41, 5.74) is 5.12. The van der Waals surface area contributed by atoms with Crippen LogP contribution in [0.4, 0.5) is 13.2 Å². The topological polar surface area (TPSA) is 26.0 Å². The fourth-order valence-corrected chi connectivity index (χ4v) is 2.49. The van der Waals surface area contributed by atoms with Crippen molar-refractivity contribution < 1.29 is 13.2 Å². The van der Waals surface area contributed by atoms with E-state index >= 15 is 0 Å². The van der Waals surface area contributed by atoms with Crippen LogP contribution in [0.1, 0.15) is 30.9 Å². The monoisotopic (exact) mass is 263 g/mol. The molecule has 0 amide bonds. The molecule has 1 saturated carbocycles. The van der Waals surface area contributed by atoms with Gasteiger partial charge in [0.15, 0.2) is 0 Å². The molecule has 1 nitrogen and oxygen atoms in total. The summed E-state index contributed by atoms with van der Waals surface area (Å²) < 4.78 is 38.7. The van der Waals surface area contributed by atoms with E-state index in [1.807, 2.05) is 13.8 Å². The predicted octanol–water partition coefficient (Wildman–Crippen LogP) is 3.81. The van der Waals surface area contributed by atoms with Crippen LogP contribution in [0.2, 0.25) is 5.02 Å². The third kappa shape index (κ3) is 2.04. The lowest BCUT2D eigenvalue weighted by molar-refractivity contribution is -0.138. The third-order valence-electron chi connectivity index (χ3n) is 3.57. The highest BCUT2D eigenvalue weighted by Crippen LogP contribution is 2.59. The summed E-state index contributed by atoms with van der Waals surface area (Å²) in [6, 6.07) is 3.65. The number of hydrogen-bond acceptors (Lipinski definition) is 1. The smallest absolute Gasteiger partial charge is 0.327 e. The maximum absolute atomic E-state index is 12.9. The molecule has 0 aliphatic heterocycles. The molecule has 1 aliphatic carbocycles. The average Bonchev–Trinajstić information content (AvgIpc) is 2.65. The second kappa shape index (κ2) is 3.62. The lowest BCUT2D eigenvalue weighted by Crippen LogP contribution is -2.11. The van der Waals surface area contributed by atoms with Gasteiger partial charge in [0, 0.05) is 17.0 Å². The summed E-state index contributed by atoms with van der Waals surface area (Å²) in [4.78, 5) is 0. The fraction of sp³-hybridized carbons (Fsp3) is 0.500. The summed E-state index contributed by atoms with van der Waals surface area (Å²) in [6.45, 7) is 3.74. The van der Waals surface area contributed by atoms with E-state index in [0.717, 1.165) is 6.07 Å².